The molecule has 4 rings (SSSR count). The standard InChI is InChI=1S/C21H21FN4OS/c22-17-6-8-18(9-7-17)25-10-12-26(13-11-25)21-24-19(15-28-21)20(27)23-14-16-4-2-1-3-5-16/h1-9,15H,10-14H2,(H,23,27). The number of nitrogens with zero attached hydrogens (tertiary/aromatic N) is 3. The Kier molecular flexibility index (Phi) is 5.53. The predicted octanol–water partition coefficient (Wildman–Crippen LogP) is 3.54. The summed E-state index contributed by atoms with van der Waals surface area (Å²) in [5, 5.41) is 5.58. The van der Waals surface area contributed by atoms with Crippen molar-refractivity contribution in [1.29, 1.82) is 0 Å². The third-order valence-electron chi connectivity index (χ3n) is 4.76. The van der Waals surface area contributed by atoms with Crippen LogP contribution in [0.15, 0.2) is 60.0 Å². The zero-order chi connectivity index (χ0) is 19.3. The van der Waals surface area contributed by atoms with Gasteiger partial charge in [0, 0.05) is 43.8 Å². The van der Waals surface area contributed by atoms with Gasteiger partial charge < -0.3 is 15.1 Å². The van der Waals surface area contributed by atoms with E-state index in [1.165, 1.54) is 23.5 Å². The molecule has 5 nitrogen and oxygen atoms in total. The van der Waals surface area contributed by atoms with Gasteiger partial charge in [0.15, 0.2) is 5.13 Å². The fraction of sp³-hybridized carbons (Fsp3) is 0.238. The molecular formula is C21H21FN4OS. The second-order valence-corrected chi connectivity index (χ2v) is 7.47. The topological polar surface area (TPSA) is 48.5 Å². The van der Waals surface area contributed by atoms with Gasteiger partial charge in [-0.15, -0.1) is 11.3 Å². The number of aromatic nitrogens is 1. The Balaban J connectivity index is 1.32. The number of hydrogen-bond acceptors (Lipinski definition) is 5. The number of piperazine rings is 1. The molecule has 3 aromatic rings. The predicted molar refractivity (Wildman–Crippen MR) is 111 cm³/mol. The van der Waals surface area contributed by atoms with Crippen LogP contribution in [0.2, 0.25) is 0 Å². The molecule has 1 aliphatic heterocycles. The fourth-order valence-corrected chi connectivity index (χ4v) is 4.05. The number of amides is 1. The van der Waals surface area contributed by atoms with E-state index in [0.29, 0.717) is 12.2 Å². The van der Waals surface area contributed by atoms with Crippen molar-refractivity contribution in [3.63, 3.8) is 0 Å². The Hall–Kier alpha value is -2.93. The van der Waals surface area contributed by atoms with Crippen molar-refractivity contribution in [3.8, 4) is 0 Å². The molecule has 0 aliphatic carbocycles. The summed E-state index contributed by atoms with van der Waals surface area (Å²) in [6, 6.07) is 16.4. The summed E-state index contributed by atoms with van der Waals surface area (Å²) < 4.78 is 13.1. The van der Waals surface area contributed by atoms with Crippen molar-refractivity contribution in [2.45, 2.75) is 6.54 Å². The minimum atomic E-state index is -0.219. The maximum atomic E-state index is 13.1. The molecular weight excluding hydrogens is 375 g/mol. The average Bonchev–Trinajstić information content (AvgIpc) is 3.24. The minimum absolute atomic E-state index is 0.156. The van der Waals surface area contributed by atoms with E-state index in [1.807, 2.05) is 47.8 Å². The molecule has 0 unspecified atom stereocenters. The Morgan fingerprint density at radius 3 is 2.39 bits per heavy atom. The van der Waals surface area contributed by atoms with E-state index >= 15 is 0 Å². The highest BCUT2D eigenvalue weighted by molar-refractivity contribution is 7.13. The van der Waals surface area contributed by atoms with Crippen LogP contribution in [-0.4, -0.2) is 37.1 Å². The third-order valence-corrected chi connectivity index (χ3v) is 5.66. The molecule has 144 valence electrons. The van der Waals surface area contributed by atoms with Crippen LogP contribution >= 0.6 is 11.3 Å². The van der Waals surface area contributed by atoms with Crippen LogP contribution in [0.25, 0.3) is 0 Å². The van der Waals surface area contributed by atoms with Crippen molar-refractivity contribution in [3.05, 3.63) is 77.1 Å². The van der Waals surface area contributed by atoms with Gasteiger partial charge in [0.25, 0.3) is 5.91 Å². The highest BCUT2D eigenvalue weighted by atomic mass is 32.1. The van der Waals surface area contributed by atoms with Gasteiger partial charge in [0.1, 0.15) is 11.5 Å². The van der Waals surface area contributed by atoms with E-state index in [2.05, 4.69) is 20.1 Å². The van der Waals surface area contributed by atoms with Crippen LogP contribution in [0.5, 0.6) is 0 Å². The minimum Gasteiger partial charge on any atom is -0.368 e. The number of hydrogen-bond donors (Lipinski definition) is 1. The first-order valence-corrected chi connectivity index (χ1v) is 10.1. The molecule has 1 N–H and O–H groups in total. The summed E-state index contributed by atoms with van der Waals surface area (Å²) >= 11 is 1.49. The van der Waals surface area contributed by atoms with Crippen molar-refractivity contribution in [2.75, 3.05) is 36.0 Å². The smallest absolute Gasteiger partial charge is 0.271 e. The SMILES string of the molecule is O=C(NCc1ccccc1)c1csc(N2CCN(c3ccc(F)cc3)CC2)n1. The zero-order valence-corrected chi connectivity index (χ0v) is 16.2. The van der Waals surface area contributed by atoms with Crippen LogP contribution in [0.4, 0.5) is 15.2 Å². The quantitative estimate of drug-likeness (QED) is 0.717. The summed E-state index contributed by atoms with van der Waals surface area (Å²) in [5.41, 5.74) is 2.54. The number of thiazole rings is 1. The molecule has 0 spiro atoms. The van der Waals surface area contributed by atoms with Crippen molar-refractivity contribution in [2.24, 2.45) is 0 Å². The summed E-state index contributed by atoms with van der Waals surface area (Å²) in [6.45, 7) is 3.79. The fourth-order valence-electron chi connectivity index (χ4n) is 3.19. The van der Waals surface area contributed by atoms with Crippen LogP contribution in [0.3, 0.4) is 0 Å². The van der Waals surface area contributed by atoms with Crippen LogP contribution in [-0.2, 0) is 6.54 Å². The number of halogens is 1. The number of anilines is 2. The third kappa shape index (κ3) is 4.31. The van der Waals surface area contributed by atoms with Crippen molar-refractivity contribution in [1.82, 2.24) is 10.3 Å². The van der Waals surface area contributed by atoms with Crippen LogP contribution in [0.1, 0.15) is 16.1 Å². The molecule has 2 aromatic carbocycles. The van der Waals surface area contributed by atoms with Crippen LogP contribution < -0.4 is 15.1 Å². The summed E-state index contributed by atoms with van der Waals surface area (Å²) in [6.07, 6.45) is 0. The molecule has 1 amide bonds. The maximum absolute atomic E-state index is 13.1. The van der Waals surface area contributed by atoms with Gasteiger partial charge in [0.05, 0.1) is 0 Å². The Labute approximate surface area is 167 Å². The van der Waals surface area contributed by atoms with E-state index in [4.69, 9.17) is 0 Å². The lowest BCUT2D eigenvalue weighted by atomic mass is 10.2. The van der Waals surface area contributed by atoms with Crippen molar-refractivity contribution < 1.29 is 9.18 Å². The van der Waals surface area contributed by atoms with Gasteiger partial charge in [-0.2, -0.15) is 0 Å². The van der Waals surface area contributed by atoms with E-state index in [9.17, 15) is 9.18 Å². The molecule has 1 saturated heterocycles. The summed E-state index contributed by atoms with van der Waals surface area (Å²) in [5.74, 6) is -0.375. The number of nitrogens with one attached hydrogen (secondary N) is 1. The van der Waals surface area contributed by atoms with E-state index in [-0.39, 0.29) is 11.7 Å². The molecule has 7 heteroatoms. The van der Waals surface area contributed by atoms with E-state index in [1.54, 1.807) is 0 Å². The Morgan fingerprint density at radius 2 is 1.68 bits per heavy atom. The zero-order valence-electron chi connectivity index (χ0n) is 15.3. The van der Waals surface area contributed by atoms with Gasteiger partial charge in [-0.3, -0.25) is 4.79 Å². The highest BCUT2D eigenvalue weighted by Gasteiger charge is 2.21. The molecule has 28 heavy (non-hydrogen) atoms. The lowest BCUT2D eigenvalue weighted by molar-refractivity contribution is 0.0946. The monoisotopic (exact) mass is 396 g/mol. The second kappa shape index (κ2) is 8.39. The van der Waals surface area contributed by atoms with Gasteiger partial charge in [-0.05, 0) is 29.8 Å². The first kappa shape index (κ1) is 18.4. The van der Waals surface area contributed by atoms with Gasteiger partial charge in [-0.25, -0.2) is 9.37 Å². The number of rotatable bonds is 5. The van der Waals surface area contributed by atoms with Crippen molar-refractivity contribution >= 4 is 28.1 Å². The molecule has 0 radical (unpaired) electrons. The summed E-state index contributed by atoms with van der Waals surface area (Å²) in [7, 11) is 0. The Morgan fingerprint density at radius 1 is 1.00 bits per heavy atom. The molecule has 2 heterocycles. The molecule has 0 atom stereocenters. The maximum Gasteiger partial charge on any atom is 0.271 e. The lowest BCUT2D eigenvalue weighted by Gasteiger charge is -2.36. The van der Waals surface area contributed by atoms with E-state index < -0.39 is 0 Å². The molecule has 0 bridgehead atoms. The molecule has 1 fully saturated rings. The molecule has 1 aromatic heterocycles. The van der Waals surface area contributed by atoms with E-state index in [0.717, 1.165) is 42.6 Å². The Bertz CT molecular complexity index is 921. The second-order valence-electron chi connectivity index (χ2n) is 6.63. The van der Waals surface area contributed by atoms with Crippen LogP contribution in [0, 0.1) is 5.82 Å². The lowest BCUT2D eigenvalue weighted by Crippen LogP contribution is -2.46. The first-order valence-electron chi connectivity index (χ1n) is 9.22. The van der Waals surface area contributed by atoms with Gasteiger partial charge >= 0.3 is 0 Å². The largest absolute Gasteiger partial charge is 0.368 e. The molecule has 1 aliphatic rings. The molecule has 0 saturated carbocycles. The highest BCUT2D eigenvalue weighted by Crippen LogP contribution is 2.24. The number of carbonyl (C=O) groups excluding carboxylic acids is 1. The first-order chi connectivity index (χ1) is 13.7. The van der Waals surface area contributed by atoms with Gasteiger partial charge in [0.2, 0.25) is 0 Å². The van der Waals surface area contributed by atoms with Gasteiger partial charge in [-0.1, -0.05) is 30.3 Å². The number of benzene rings is 2. The summed E-state index contributed by atoms with van der Waals surface area (Å²) in [4.78, 5) is 21.3. The normalized spacial score (nSPS) is 14.2. The number of carbonyl (C=O) groups is 1. The average molecular weight is 396 g/mol.